The fraction of sp³-hybridized carbons (Fsp3) is 1.00. The fourth-order valence-corrected chi connectivity index (χ4v) is 4.12. The van der Waals surface area contributed by atoms with Crippen LogP contribution in [-0.4, -0.2) is 36.6 Å². The van der Waals surface area contributed by atoms with Gasteiger partial charge in [0.25, 0.3) is 0 Å². The molecule has 0 aromatic carbocycles. The summed E-state index contributed by atoms with van der Waals surface area (Å²) < 4.78 is 0. The van der Waals surface area contributed by atoms with E-state index in [1.807, 2.05) is 0 Å². The molecule has 2 aliphatic rings. The minimum Gasteiger partial charge on any atom is -0.315 e. The van der Waals surface area contributed by atoms with Crippen molar-refractivity contribution in [3.05, 3.63) is 0 Å². The normalized spacial score (nSPS) is 40.2. The van der Waals surface area contributed by atoms with Gasteiger partial charge in [-0.05, 0) is 52.1 Å². The van der Waals surface area contributed by atoms with Crippen molar-refractivity contribution >= 4 is 0 Å². The van der Waals surface area contributed by atoms with Crippen molar-refractivity contribution in [3.8, 4) is 0 Å². The molecule has 1 N–H and O–H groups in total. The Balaban J connectivity index is 2.01. The van der Waals surface area contributed by atoms with Crippen molar-refractivity contribution in [2.24, 2.45) is 5.92 Å². The van der Waals surface area contributed by atoms with E-state index >= 15 is 0 Å². The standard InChI is InChI=1S/C16H32N2/c1-13-10-11-18(14(2)12-13)16-9-7-5-4-6-8-15(16)17-3/h13-17H,4-12H2,1-3H3. The smallest absolute Gasteiger partial charge is 0.0252 e. The van der Waals surface area contributed by atoms with Gasteiger partial charge >= 0.3 is 0 Å². The maximum Gasteiger partial charge on any atom is 0.0252 e. The molecule has 1 aliphatic heterocycles. The lowest BCUT2D eigenvalue weighted by Crippen LogP contribution is -2.55. The summed E-state index contributed by atoms with van der Waals surface area (Å²) >= 11 is 0. The van der Waals surface area contributed by atoms with E-state index < -0.39 is 0 Å². The molecule has 106 valence electrons. The Morgan fingerprint density at radius 1 is 0.944 bits per heavy atom. The van der Waals surface area contributed by atoms with Crippen molar-refractivity contribution in [1.29, 1.82) is 0 Å². The molecule has 1 saturated carbocycles. The molecule has 4 unspecified atom stereocenters. The van der Waals surface area contributed by atoms with Crippen LogP contribution in [0.15, 0.2) is 0 Å². The van der Waals surface area contributed by atoms with Crippen LogP contribution < -0.4 is 5.32 Å². The highest BCUT2D eigenvalue weighted by Crippen LogP contribution is 2.29. The zero-order valence-corrected chi connectivity index (χ0v) is 12.6. The van der Waals surface area contributed by atoms with Gasteiger partial charge in [0.05, 0.1) is 0 Å². The number of nitrogens with zero attached hydrogens (tertiary/aromatic N) is 1. The topological polar surface area (TPSA) is 15.3 Å². The van der Waals surface area contributed by atoms with E-state index in [1.165, 1.54) is 57.9 Å². The quantitative estimate of drug-likeness (QED) is 0.810. The molecule has 1 aliphatic carbocycles. The van der Waals surface area contributed by atoms with Crippen LogP contribution in [0.5, 0.6) is 0 Å². The van der Waals surface area contributed by atoms with E-state index in [0.29, 0.717) is 0 Å². The first kappa shape index (κ1) is 14.3. The molecule has 1 saturated heterocycles. The number of hydrogen-bond acceptors (Lipinski definition) is 2. The highest BCUT2D eigenvalue weighted by molar-refractivity contribution is 4.90. The molecule has 0 amide bonds. The summed E-state index contributed by atoms with van der Waals surface area (Å²) in [5.74, 6) is 0.929. The van der Waals surface area contributed by atoms with Gasteiger partial charge < -0.3 is 5.32 Å². The molecule has 2 nitrogen and oxygen atoms in total. The summed E-state index contributed by atoms with van der Waals surface area (Å²) in [4.78, 5) is 2.83. The van der Waals surface area contributed by atoms with Gasteiger partial charge in [-0.1, -0.05) is 32.6 Å². The van der Waals surface area contributed by atoms with Crippen LogP contribution in [0.25, 0.3) is 0 Å². The molecule has 2 fully saturated rings. The Morgan fingerprint density at radius 2 is 1.67 bits per heavy atom. The first-order valence-corrected chi connectivity index (χ1v) is 8.15. The number of rotatable bonds is 2. The lowest BCUT2D eigenvalue weighted by molar-refractivity contribution is 0.0521. The molecule has 1 heterocycles. The van der Waals surface area contributed by atoms with E-state index in [0.717, 1.165) is 24.0 Å². The van der Waals surface area contributed by atoms with Gasteiger partial charge in [0.2, 0.25) is 0 Å². The minimum absolute atomic E-state index is 0.723. The van der Waals surface area contributed by atoms with E-state index in [-0.39, 0.29) is 0 Å². The summed E-state index contributed by atoms with van der Waals surface area (Å²) in [5, 5.41) is 3.61. The van der Waals surface area contributed by atoms with Crippen molar-refractivity contribution in [1.82, 2.24) is 10.2 Å². The molecule has 0 spiro atoms. The summed E-state index contributed by atoms with van der Waals surface area (Å²) in [5.41, 5.74) is 0. The number of likely N-dealkylation sites (N-methyl/N-ethyl adjacent to an activating group) is 1. The van der Waals surface area contributed by atoms with Gasteiger partial charge in [0.1, 0.15) is 0 Å². The van der Waals surface area contributed by atoms with Crippen LogP contribution >= 0.6 is 0 Å². The Morgan fingerprint density at radius 3 is 2.33 bits per heavy atom. The first-order valence-electron chi connectivity index (χ1n) is 8.15. The zero-order chi connectivity index (χ0) is 13.0. The number of hydrogen-bond donors (Lipinski definition) is 1. The SMILES string of the molecule is CNC1CCCCCCC1N1CCC(C)CC1C. The summed E-state index contributed by atoms with van der Waals surface area (Å²) in [6.07, 6.45) is 11.3. The largest absolute Gasteiger partial charge is 0.315 e. The number of nitrogens with one attached hydrogen (secondary N) is 1. The Labute approximate surface area is 114 Å². The van der Waals surface area contributed by atoms with Crippen LogP contribution in [0.1, 0.15) is 65.2 Å². The van der Waals surface area contributed by atoms with Crippen molar-refractivity contribution in [2.75, 3.05) is 13.6 Å². The fourth-order valence-electron chi connectivity index (χ4n) is 4.12. The van der Waals surface area contributed by atoms with Gasteiger partial charge in [-0.25, -0.2) is 0 Å². The third kappa shape index (κ3) is 3.48. The Hall–Kier alpha value is -0.0800. The Bertz CT molecular complexity index is 241. The van der Waals surface area contributed by atoms with Crippen LogP contribution in [0.4, 0.5) is 0 Å². The first-order chi connectivity index (χ1) is 8.72. The molecule has 4 atom stereocenters. The number of likely N-dealkylation sites (tertiary alicyclic amines) is 1. The molecule has 0 aromatic rings. The van der Waals surface area contributed by atoms with Crippen LogP contribution in [0, 0.1) is 5.92 Å². The highest BCUT2D eigenvalue weighted by Gasteiger charge is 2.32. The predicted molar refractivity (Wildman–Crippen MR) is 78.9 cm³/mol. The second-order valence-corrected chi connectivity index (χ2v) is 6.67. The molecule has 2 rings (SSSR count). The van der Waals surface area contributed by atoms with Crippen LogP contribution in [0.2, 0.25) is 0 Å². The third-order valence-electron chi connectivity index (χ3n) is 5.22. The van der Waals surface area contributed by atoms with Crippen molar-refractivity contribution in [3.63, 3.8) is 0 Å². The van der Waals surface area contributed by atoms with Gasteiger partial charge in [0, 0.05) is 18.1 Å². The van der Waals surface area contributed by atoms with Crippen LogP contribution in [0.3, 0.4) is 0 Å². The maximum atomic E-state index is 3.61. The Kier molecular flexibility index (Phi) is 5.50. The lowest BCUT2D eigenvalue weighted by Gasteiger charge is -2.45. The van der Waals surface area contributed by atoms with E-state index in [9.17, 15) is 0 Å². The monoisotopic (exact) mass is 252 g/mol. The molecule has 2 heteroatoms. The molecular formula is C16H32N2. The molecule has 0 bridgehead atoms. The maximum absolute atomic E-state index is 3.61. The lowest BCUT2D eigenvalue weighted by atomic mass is 9.86. The molecular weight excluding hydrogens is 220 g/mol. The summed E-state index contributed by atoms with van der Waals surface area (Å²) in [6, 6.07) is 2.30. The average molecular weight is 252 g/mol. The van der Waals surface area contributed by atoms with E-state index in [4.69, 9.17) is 0 Å². The van der Waals surface area contributed by atoms with Gasteiger partial charge in [-0.3, -0.25) is 4.90 Å². The minimum atomic E-state index is 0.723. The van der Waals surface area contributed by atoms with Gasteiger partial charge in [-0.2, -0.15) is 0 Å². The molecule has 0 radical (unpaired) electrons. The highest BCUT2D eigenvalue weighted by atomic mass is 15.2. The van der Waals surface area contributed by atoms with Gasteiger partial charge in [-0.15, -0.1) is 0 Å². The second kappa shape index (κ2) is 6.91. The molecule has 18 heavy (non-hydrogen) atoms. The third-order valence-corrected chi connectivity index (χ3v) is 5.22. The van der Waals surface area contributed by atoms with Crippen LogP contribution in [-0.2, 0) is 0 Å². The van der Waals surface area contributed by atoms with Crippen molar-refractivity contribution < 1.29 is 0 Å². The van der Waals surface area contributed by atoms with E-state index in [1.54, 1.807) is 0 Å². The molecule has 0 aromatic heterocycles. The predicted octanol–water partition coefficient (Wildman–Crippen LogP) is 3.42. The second-order valence-electron chi connectivity index (χ2n) is 6.67. The van der Waals surface area contributed by atoms with Gasteiger partial charge in [0.15, 0.2) is 0 Å². The van der Waals surface area contributed by atoms with Crippen molar-refractivity contribution in [2.45, 2.75) is 83.3 Å². The number of piperidine rings is 1. The zero-order valence-electron chi connectivity index (χ0n) is 12.6. The van der Waals surface area contributed by atoms with E-state index in [2.05, 4.69) is 31.1 Å². The summed E-state index contributed by atoms with van der Waals surface area (Å²) in [6.45, 7) is 6.19. The average Bonchev–Trinajstić information content (AvgIpc) is 2.31. The summed E-state index contributed by atoms with van der Waals surface area (Å²) in [7, 11) is 2.16.